The monoisotopic (exact) mass is 395 g/mol. The molecule has 130 valence electrons. The van der Waals surface area contributed by atoms with E-state index in [2.05, 4.69) is 9.88 Å². The summed E-state index contributed by atoms with van der Waals surface area (Å²) in [4.78, 5) is 20.6. The maximum absolute atomic E-state index is 12.4. The molecule has 0 saturated carbocycles. The average Bonchev–Trinajstić information content (AvgIpc) is 2.63. The lowest BCUT2D eigenvalue weighted by molar-refractivity contribution is -0.126. The van der Waals surface area contributed by atoms with E-state index in [1.54, 1.807) is 29.3 Å². The van der Waals surface area contributed by atoms with Gasteiger partial charge in [0.1, 0.15) is 5.82 Å². The molecule has 0 spiro atoms. The SMILES string of the molecule is O=C(/C=C/c1cccc(Cl)c1Cl)N1CCN(c2ccc(Cl)cn2)CC1. The fraction of sp³-hybridized carbons (Fsp3) is 0.222. The van der Waals surface area contributed by atoms with Gasteiger partial charge in [0.25, 0.3) is 0 Å². The molecule has 2 heterocycles. The highest BCUT2D eigenvalue weighted by atomic mass is 35.5. The number of hydrogen-bond donors (Lipinski definition) is 0. The number of anilines is 1. The lowest BCUT2D eigenvalue weighted by Gasteiger charge is -2.34. The van der Waals surface area contributed by atoms with Crippen molar-refractivity contribution in [2.24, 2.45) is 0 Å². The van der Waals surface area contributed by atoms with E-state index in [0.717, 1.165) is 24.5 Å². The second-order valence-corrected chi connectivity index (χ2v) is 6.84. The molecule has 4 nitrogen and oxygen atoms in total. The quantitative estimate of drug-likeness (QED) is 0.721. The van der Waals surface area contributed by atoms with Crippen LogP contribution >= 0.6 is 34.8 Å². The topological polar surface area (TPSA) is 36.4 Å². The molecule has 0 unspecified atom stereocenters. The first-order valence-corrected chi connectivity index (χ1v) is 8.95. The number of piperazine rings is 1. The van der Waals surface area contributed by atoms with Gasteiger partial charge in [-0.05, 0) is 29.8 Å². The Morgan fingerprint density at radius 1 is 1.04 bits per heavy atom. The molecule has 0 bridgehead atoms. The second kappa shape index (κ2) is 8.09. The molecule has 0 atom stereocenters. The zero-order valence-electron chi connectivity index (χ0n) is 13.3. The summed E-state index contributed by atoms with van der Waals surface area (Å²) in [6, 6.07) is 9.05. The fourth-order valence-electron chi connectivity index (χ4n) is 2.63. The van der Waals surface area contributed by atoms with Crippen LogP contribution in [0.25, 0.3) is 6.08 Å². The molecule has 7 heteroatoms. The van der Waals surface area contributed by atoms with Crippen molar-refractivity contribution in [3.8, 4) is 0 Å². The Labute approximate surface area is 161 Å². The normalized spacial score (nSPS) is 15.0. The van der Waals surface area contributed by atoms with E-state index in [4.69, 9.17) is 34.8 Å². The molecule has 0 N–H and O–H groups in total. The molecule has 1 saturated heterocycles. The Balaban J connectivity index is 1.59. The fourth-order valence-corrected chi connectivity index (χ4v) is 3.11. The van der Waals surface area contributed by atoms with E-state index in [1.165, 1.54) is 6.08 Å². The number of carbonyl (C=O) groups is 1. The third-order valence-electron chi connectivity index (χ3n) is 4.01. The molecule has 1 aliphatic rings. The Morgan fingerprint density at radius 2 is 1.80 bits per heavy atom. The second-order valence-electron chi connectivity index (χ2n) is 5.62. The maximum Gasteiger partial charge on any atom is 0.246 e. The number of hydrogen-bond acceptors (Lipinski definition) is 3. The van der Waals surface area contributed by atoms with E-state index in [0.29, 0.717) is 28.2 Å². The summed E-state index contributed by atoms with van der Waals surface area (Å²) in [6.45, 7) is 2.73. The van der Waals surface area contributed by atoms with Crippen molar-refractivity contribution in [3.63, 3.8) is 0 Å². The molecule has 25 heavy (non-hydrogen) atoms. The van der Waals surface area contributed by atoms with Crippen LogP contribution < -0.4 is 4.90 Å². The maximum atomic E-state index is 12.4. The van der Waals surface area contributed by atoms with Crippen LogP contribution in [0.5, 0.6) is 0 Å². The summed E-state index contributed by atoms with van der Waals surface area (Å²) in [7, 11) is 0. The molecular weight excluding hydrogens is 381 g/mol. The number of carbonyl (C=O) groups excluding carboxylic acids is 1. The third-order valence-corrected chi connectivity index (χ3v) is 5.07. The highest BCUT2D eigenvalue weighted by Crippen LogP contribution is 2.26. The minimum absolute atomic E-state index is 0.0419. The largest absolute Gasteiger partial charge is 0.353 e. The van der Waals surface area contributed by atoms with Crippen LogP contribution in [-0.2, 0) is 4.79 Å². The number of benzene rings is 1. The highest BCUT2D eigenvalue weighted by molar-refractivity contribution is 6.42. The summed E-state index contributed by atoms with van der Waals surface area (Å²) < 4.78 is 0. The van der Waals surface area contributed by atoms with Crippen LogP contribution in [0.3, 0.4) is 0 Å². The summed E-state index contributed by atoms with van der Waals surface area (Å²) >= 11 is 18.0. The van der Waals surface area contributed by atoms with Gasteiger partial charge < -0.3 is 9.80 Å². The van der Waals surface area contributed by atoms with Crippen molar-refractivity contribution in [1.82, 2.24) is 9.88 Å². The van der Waals surface area contributed by atoms with Crippen molar-refractivity contribution >= 4 is 52.6 Å². The number of amides is 1. The molecule has 0 aliphatic carbocycles. The van der Waals surface area contributed by atoms with Crippen molar-refractivity contribution in [2.75, 3.05) is 31.1 Å². The van der Waals surface area contributed by atoms with Crippen molar-refractivity contribution in [1.29, 1.82) is 0 Å². The van der Waals surface area contributed by atoms with Crippen molar-refractivity contribution in [3.05, 3.63) is 63.2 Å². The van der Waals surface area contributed by atoms with Gasteiger partial charge in [-0.15, -0.1) is 0 Å². The van der Waals surface area contributed by atoms with Gasteiger partial charge in [0, 0.05) is 38.5 Å². The van der Waals surface area contributed by atoms with Crippen molar-refractivity contribution < 1.29 is 4.79 Å². The Bertz CT molecular complexity index is 785. The van der Waals surface area contributed by atoms with E-state index < -0.39 is 0 Å². The number of halogens is 3. The van der Waals surface area contributed by atoms with Crippen LogP contribution in [0.4, 0.5) is 5.82 Å². The molecular formula is C18H16Cl3N3O. The van der Waals surface area contributed by atoms with Gasteiger partial charge in [-0.25, -0.2) is 4.98 Å². The lowest BCUT2D eigenvalue weighted by atomic mass is 10.2. The molecule has 1 amide bonds. The molecule has 3 rings (SSSR count). The summed E-state index contributed by atoms with van der Waals surface area (Å²) in [5, 5.41) is 1.54. The van der Waals surface area contributed by atoms with Gasteiger partial charge in [-0.3, -0.25) is 4.79 Å². The molecule has 1 aromatic heterocycles. The molecule has 2 aromatic rings. The standard InChI is InChI=1S/C18H16Cl3N3O/c19-14-5-6-16(22-12-14)23-8-10-24(11-9-23)17(25)7-4-13-2-1-3-15(20)18(13)21/h1-7,12H,8-11H2/b7-4+. The van der Waals surface area contributed by atoms with Gasteiger partial charge in [-0.1, -0.05) is 46.9 Å². The predicted octanol–water partition coefficient (Wildman–Crippen LogP) is 4.40. The van der Waals surface area contributed by atoms with Gasteiger partial charge in [-0.2, -0.15) is 0 Å². The highest BCUT2D eigenvalue weighted by Gasteiger charge is 2.20. The van der Waals surface area contributed by atoms with Crippen LogP contribution in [0.1, 0.15) is 5.56 Å². The number of aromatic nitrogens is 1. The smallest absolute Gasteiger partial charge is 0.246 e. The van der Waals surface area contributed by atoms with E-state index in [1.807, 2.05) is 18.2 Å². The number of rotatable bonds is 3. The van der Waals surface area contributed by atoms with Gasteiger partial charge in [0.15, 0.2) is 0 Å². The first kappa shape index (κ1) is 18.1. The Hall–Kier alpha value is -1.75. The van der Waals surface area contributed by atoms with Gasteiger partial charge in [0.05, 0.1) is 15.1 Å². The first-order valence-electron chi connectivity index (χ1n) is 7.82. The molecule has 1 fully saturated rings. The predicted molar refractivity (Wildman–Crippen MR) is 104 cm³/mol. The number of nitrogens with zero attached hydrogens (tertiary/aromatic N) is 3. The van der Waals surface area contributed by atoms with Gasteiger partial charge in [0.2, 0.25) is 5.91 Å². The van der Waals surface area contributed by atoms with Crippen LogP contribution in [0.15, 0.2) is 42.6 Å². The molecule has 1 aromatic carbocycles. The number of pyridine rings is 1. The lowest BCUT2D eigenvalue weighted by Crippen LogP contribution is -2.48. The summed E-state index contributed by atoms with van der Waals surface area (Å²) in [5.41, 5.74) is 0.728. The van der Waals surface area contributed by atoms with Crippen LogP contribution in [-0.4, -0.2) is 42.0 Å². The van der Waals surface area contributed by atoms with Crippen molar-refractivity contribution in [2.45, 2.75) is 0 Å². The summed E-state index contributed by atoms with van der Waals surface area (Å²) in [5.74, 6) is 0.831. The zero-order valence-corrected chi connectivity index (χ0v) is 15.6. The van der Waals surface area contributed by atoms with E-state index >= 15 is 0 Å². The molecule has 1 aliphatic heterocycles. The van der Waals surface area contributed by atoms with Gasteiger partial charge >= 0.3 is 0 Å². The first-order chi connectivity index (χ1) is 12.0. The van der Waals surface area contributed by atoms with Crippen LogP contribution in [0, 0.1) is 0 Å². The third kappa shape index (κ3) is 4.46. The Kier molecular flexibility index (Phi) is 5.84. The zero-order chi connectivity index (χ0) is 17.8. The van der Waals surface area contributed by atoms with E-state index in [9.17, 15) is 4.79 Å². The Morgan fingerprint density at radius 3 is 2.48 bits per heavy atom. The minimum atomic E-state index is -0.0419. The average molecular weight is 397 g/mol. The van der Waals surface area contributed by atoms with E-state index in [-0.39, 0.29) is 5.91 Å². The van der Waals surface area contributed by atoms with Crippen LogP contribution in [0.2, 0.25) is 15.1 Å². The minimum Gasteiger partial charge on any atom is -0.353 e. The summed E-state index contributed by atoms with van der Waals surface area (Å²) in [6.07, 6.45) is 4.86. The molecule has 0 radical (unpaired) electrons.